The topological polar surface area (TPSA) is 105 Å². The quantitative estimate of drug-likeness (QED) is 0.672. The summed E-state index contributed by atoms with van der Waals surface area (Å²) in [5, 5.41) is 2.77. The van der Waals surface area contributed by atoms with Crippen LogP contribution in [-0.4, -0.2) is 50.1 Å². The molecule has 2 amide bonds. The van der Waals surface area contributed by atoms with E-state index in [4.69, 9.17) is 9.47 Å². The number of sulfonamides is 1. The number of fused-ring (bicyclic) bond motifs is 3. The van der Waals surface area contributed by atoms with Crippen molar-refractivity contribution >= 4 is 27.5 Å². The molecular weight excluding hydrogens is 458 g/mol. The summed E-state index contributed by atoms with van der Waals surface area (Å²) in [4.78, 5) is 26.1. The second-order valence-electron chi connectivity index (χ2n) is 8.93. The summed E-state index contributed by atoms with van der Waals surface area (Å²) in [6.07, 6.45) is -0.759. The molecular formula is C24H29N3O6S. The van der Waals surface area contributed by atoms with E-state index in [-0.39, 0.29) is 29.7 Å². The van der Waals surface area contributed by atoms with E-state index in [0.29, 0.717) is 17.0 Å². The van der Waals surface area contributed by atoms with Gasteiger partial charge in [-0.25, -0.2) is 8.42 Å². The number of carbonyl (C=O) groups is 2. The monoisotopic (exact) mass is 487 g/mol. The number of rotatable bonds is 6. The number of nitrogens with zero attached hydrogens (tertiary/aromatic N) is 2. The van der Waals surface area contributed by atoms with E-state index in [1.54, 1.807) is 50.2 Å². The van der Waals surface area contributed by atoms with Crippen LogP contribution in [0.4, 0.5) is 5.69 Å². The second kappa shape index (κ2) is 8.37. The van der Waals surface area contributed by atoms with Crippen molar-refractivity contribution in [3.63, 3.8) is 0 Å². The Hall–Kier alpha value is -2.95. The van der Waals surface area contributed by atoms with E-state index in [0.717, 1.165) is 0 Å². The summed E-state index contributed by atoms with van der Waals surface area (Å²) < 4.78 is 41.5. The Morgan fingerprint density at radius 1 is 1.12 bits per heavy atom. The van der Waals surface area contributed by atoms with Gasteiger partial charge in [-0.3, -0.25) is 14.5 Å². The minimum absolute atomic E-state index is 0.108. The molecule has 0 aromatic heterocycles. The van der Waals surface area contributed by atoms with Crippen LogP contribution in [0.5, 0.6) is 5.75 Å². The molecule has 0 bridgehead atoms. The van der Waals surface area contributed by atoms with Crippen molar-refractivity contribution in [2.24, 2.45) is 0 Å². The van der Waals surface area contributed by atoms with Crippen LogP contribution in [0, 0.1) is 0 Å². The minimum atomic E-state index is -4.10. The lowest BCUT2D eigenvalue weighted by molar-refractivity contribution is -0.121. The van der Waals surface area contributed by atoms with Gasteiger partial charge in [0.15, 0.2) is 6.23 Å². The highest BCUT2D eigenvalue weighted by Crippen LogP contribution is 2.59. The van der Waals surface area contributed by atoms with Crippen LogP contribution < -0.4 is 15.0 Å². The Morgan fingerprint density at radius 2 is 1.79 bits per heavy atom. The molecule has 2 aromatic carbocycles. The molecule has 2 aromatic rings. The lowest BCUT2D eigenvalue weighted by Crippen LogP contribution is -2.56. The number of methoxy groups -OCH3 is 1. The van der Waals surface area contributed by atoms with Crippen LogP contribution in [0.25, 0.3) is 0 Å². The highest BCUT2D eigenvalue weighted by Gasteiger charge is 2.69. The SMILES string of the molecule is COc1ccc2c(c1)[C@@]1(CCNC(C)=O)[C@H](OC(C)(C)N1S(=O)(=O)c1ccccc1)N2C(C)=O. The largest absolute Gasteiger partial charge is 0.497 e. The predicted octanol–water partition coefficient (Wildman–Crippen LogP) is 2.57. The third-order valence-corrected chi connectivity index (χ3v) is 8.44. The normalized spacial score (nSPS) is 23.3. The summed E-state index contributed by atoms with van der Waals surface area (Å²) >= 11 is 0. The van der Waals surface area contributed by atoms with E-state index in [2.05, 4.69) is 5.32 Å². The van der Waals surface area contributed by atoms with Crippen LogP contribution in [0.3, 0.4) is 0 Å². The Morgan fingerprint density at radius 3 is 2.38 bits per heavy atom. The smallest absolute Gasteiger partial charge is 0.246 e. The molecule has 0 radical (unpaired) electrons. The summed E-state index contributed by atoms with van der Waals surface area (Å²) in [6, 6.07) is 13.3. The van der Waals surface area contributed by atoms with Gasteiger partial charge < -0.3 is 14.8 Å². The van der Waals surface area contributed by atoms with Gasteiger partial charge in [0.05, 0.1) is 17.7 Å². The van der Waals surface area contributed by atoms with Crippen molar-refractivity contribution in [1.29, 1.82) is 0 Å². The van der Waals surface area contributed by atoms with Gasteiger partial charge in [0.2, 0.25) is 21.8 Å². The molecule has 0 aliphatic carbocycles. The Labute approximate surface area is 199 Å². The first kappa shape index (κ1) is 24.2. The zero-order chi connectivity index (χ0) is 24.9. The second-order valence-corrected chi connectivity index (χ2v) is 10.7. The molecule has 9 nitrogen and oxygen atoms in total. The number of ether oxygens (including phenoxy) is 2. The summed E-state index contributed by atoms with van der Waals surface area (Å²) in [5.41, 5.74) is -1.48. The molecule has 2 atom stereocenters. The summed E-state index contributed by atoms with van der Waals surface area (Å²) in [7, 11) is -2.58. The first-order valence-electron chi connectivity index (χ1n) is 11.0. The minimum Gasteiger partial charge on any atom is -0.497 e. The van der Waals surface area contributed by atoms with Crippen molar-refractivity contribution in [3.05, 3.63) is 54.1 Å². The zero-order valence-corrected chi connectivity index (χ0v) is 20.7. The molecule has 34 heavy (non-hydrogen) atoms. The Kier molecular flexibility index (Phi) is 5.95. The zero-order valence-electron chi connectivity index (χ0n) is 19.9. The molecule has 1 saturated heterocycles. The van der Waals surface area contributed by atoms with Gasteiger partial charge >= 0.3 is 0 Å². The highest BCUT2D eigenvalue weighted by molar-refractivity contribution is 7.89. The van der Waals surface area contributed by atoms with E-state index >= 15 is 0 Å². The van der Waals surface area contributed by atoms with Gasteiger partial charge in [0.25, 0.3) is 0 Å². The first-order chi connectivity index (χ1) is 16.0. The van der Waals surface area contributed by atoms with Gasteiger partial charge in [0, 0.05) is 26.0 Å². The van der Waals surface area contributed by atoms with E-state index in [1.165, 1.54) is 42.3 Å². The van der Waals surface area contributed by atoms with Crippen molar-refractivity contribution in [2.75, 3.05) is 18.6 Å². The number of nitrogens with one attached hydrogen (secondary N) is 1. The molecule has 0 spiro atoms. The molecule has 4 rings (SSSR count). The maximum Gasteiger partial charge on any atom is 0.246 e. The van der Waals surface area contributed by atoms with Crippen LogP contribution in [0.2, 0.25) is 0 Å². The van der Waals surface area contributed by atoms with Gasteiger partial charge in [-0.1, -0.05) is 18.2 Å². The summed E-state index contributed by atoms with van der Waals surface area (Å²) in [5.74, 6) is -0.00738. The standard InChI is InChI=1S/C24H29N3O6S/c1-16(28)25-14-13-24-20-15-18(32-5)11-12-21(20)26(17(2)29)22(24)33-23(3,4)27(24)34(30,31)19-9-7-6-8-10-19/h6-12,15,22H,13-14H2,1-5H3,(H,25,28)/t22-,24-/m0/s1. The number of amides is 2. The molecule has 2 heterocycles. The van der Waals surface area contributed by atoms with Gasteiger partial charge in [-0.2, -0.15) is 4.31 Å². The van der Waals surface area contributed by atoms with E-state index in [9.17, 15) is 18.0 Å². The van der Waals surface area contributed by atoms with E-state index in [1.807, 2.05) is 0 Å². The number of hydrogen-bond donors (Lipinski definition) is 1. The number of benzene rings is 2. The van der Waals surface area contributed by atoms with Crippen LogP contribution >= 0.6 is 0 Å². The Balaban J connectivity index is 2.02. The fourth-order valence-corrected chi connectivity index (χ4v) is 7.20. The molecule has 1 fully saturated rings. The third kappa shape index (κ3) is 3.57. The van der Waals surface area contributed by atoms with Crippen molar-refractivity contribution < 1.29 is 27.5 Å². The maximum absolute atomic E-state index is 14.2. The molecule has 10 heteroatoms. The fourth-order valence-electron chi connectivity index (χ4n) is 5.16. The van der Waals surface area contributed by atoms with Crippen molar-refractivity contribution in [2.45, 2.75) is 56.5 Å². The Bertz CT molecular complexity index is 1230. The lowest BCUT2D eigenvalue weighted by Gasteiger charge is -2.40. The molecule has 2 aliphatic heterocycles. The van der Waals surface area contributed by atoms with Crippen LogP contribution in [0.1, 0.15) is 39.7 Å². The molecule has 1 N–H and O–H groups in total. The van der Waals surface area contributed by atoms with Crippen molar-refractivity contribution in [3.8, 4) is 5.75 Å². The van der Waals surface area contributed by atoms with Gasteiger partial charge in [-0.05, 0) is 50.6 Å². The first-order valence-corrected chi connectivity index (χ1v) is 12.4. The van der Waals surface area contributed by atoms with Crippen LogP contribution in [-0.2, 0) is 29.9 Å². The van der Waals surface area contributed by atoms with Crippen LogP contribution in [0.15, 0.2) is 53.4 Å². The fraction of sp³-hybridized carbons (Fsp3) is 0.417. The molecule has 2 aliphatic rings. The average Bonchev–Trinajstić information content (AvgIpc) is 3.16. The molecule has 0 unspecified atom stereocenters. The molecule has 0 saturated carbocycles. The highest BCUT2D eigenvalue weighted by atomic mass is 32.2. The maximum atomic E-state index is 14.2. The van der Waals surface area contributed by atoms with Crippen molar-refractivity contribution in [1.82, 2.24) is 9.62 Å². The summed E-state index contributed by atoms with van der Waals surface area (Å²) in [6.45, 7) is 6.33. The number of anilines is 1. The third-order valence-electron chi connectivity index (χ3n) is 6.33. The predicted molar refractivity (Wildman–Crippen MR) is 126 cm³/mol. The molecule has 182 valence electrons. The average molecular weight is 488 g/mol. The van der Waals surface area contributed by atoms with Gasteiger partial charge in [0.1, 0.15) is 17.0 Å². The lowest BCUT2D eigenvalue weighted by atomic mass is 9.86. The number of hydrogen-bond acceptors (Lipinski definition) is 6. The number of carbonyl (C=O) groups excluding carboxylic acids is 2. The van der Waals surface area contributed by atoms with E-state index < -0.39 is 27.5 Å². The van der Waals surface area contributed by atoms with Gasteiger partial charge in [-0.15, -0.1) is 0 Å².